The van der Waals surface area contributed by atoms with E-state index in [1.54, 1.807) is 12.1 Å². The lowest BCUT2D eigenvalue weighted by Crippen LogP contribution is -1.75. The fourth-order valence-corrected chi connectivity index (χ4v) is 2.44. The molecule has 0 unspecified atom stereocenters. The molecule has 2 aromatic carbocycles. The zero-order valence-corrected chi connectivity index (χ0v) is 12.6. The van der Waals surface area contributed by atoms with Crippen molar-refractivity contribution in [1.29, 1.82) is 0 Å². The predicted molar refractivity (Wildman–Crippen MR) is 84.3 cm³/mol. The second-order valence-electron chi connectivity index (χ2n) is 4.27. The van der Waals surface area contributed by atoms with Crippen molar-refractivity contribution >= 4 is 33.8 Å². The van der Waals surface area contributed by atoms with Gasteiger partial charge in [-0.15, -0.1) is 20.4 Å². The zero-order valence-electron chi connectivity index (χ0n) is 11.0. The van der Waals surface area contributed by atoms with Gasteiger partial charge in [0.25, 0.3) is 5.13 Å². The van der Waals surface area contributed by atoms with Crippen molar-refractivity contribution in [3.8, 4) is 22.1 Å². The Morgan fingerprint density at radius 1 is 0.909 bits per heavy atom. The Morgan fingerprint density at radius 3 is 2.41 bits per heavy atom. The Morgan fingerprint density at radius 2 is 1.68 bits per heavy atom. The topological polar surface area (TPSA) is 91.0 Å². The van der Waals surface area contributed by atoms with Crippen LogP contribution in [0.5, 0.6) is 11.5 Å². The molecule has 0 radical (unpaired) electrons. The van der Waals surface area contributed by atoms with Gasteiger partial charge in [-0.2, -0.15) is 0 Å². The summed E-state index contributed by atoms with van der Waals surface area (Å²) in [6, 6.07) is 11.4. The summed E-state index contributed by atoms with van der Waals surface area (Å²) in [6.07, 6.45) is 0. The summed E-state index contributed by atoms with van der Waals surface area (Å²) in [6.45, 7) is 0. The Balaban J connectivity index is 1.80. The van der Waals surface area contributed by atoms with Gasteiger partial charge < -0.3 is 10.2 Å². The largest absolute Gasteiger partial charge is 0.504 e. The summed E-state index contributed by atoms with van der Waals surface area (Å²) < 4.78 is 0. The first-order valence-electron chi connectivity index (χ1n) is 6.15. The molecule has 0 bridgehead atoms. The zero-order chi connectivity index (χ0) is 15.5. The van der Waals surface area contributed by atoms with Crippen LogP contribution in [0.2, 0.25) is 5.02 Å². The number of halogens is 1. The highest BCUT2D eigenvalue weighted by molar-refractivity contribution is 7.18. The number of hydrogen-bond donors (Lipinski definition) is 2. The van der Waals surface area contributed by atoms with Crippen molar-refractivity contribution in [3.05, 3.63) is 47.5 Å². The van der Waals surface area contributed by atoms with Crippen LogP contribution in [0.15, 0.2) is 52.7 Å². The average Bonchev–Trinajstić information content (AvgIpc) is 2.98. The Labute approximate surface area is 134 Å². The van der Waals surface area contributed by atoms with Gasteiger partial charge in [-0.05, 0) is 24.3 Å². The van der Waals surface area contributed by atoms with Crippen LogP contribution in [0, 0.1) is 0 Å². The van der Waals surface area contributed by atoms with E-state index >= 15 is 0 Å². The van der Waals surface area contributed by atoms with Crippen molar-refractivity contribution in [2.45, 2.75) is 0 Å². The average molecular weight is 333 g/mol. The van der Waals surface area contributed by atoms with Crippen molar-refractivity contribution in [3.63, 3.8) is 0 Å². The second-order valence-corrected chi connectivity index (χ2v) is 5.66. The van der Waals surface area contributed by atoms with Crippen LogP contribution >= 0.6 is 22.9 Å². The third-order valence-corrected chi connectivity index (χ3v) is 3.82. The standard InChI is InChI=1S/C14H9ClN4O2S/c15-9-3-1-8(2-4-9)13-17-19-14(22-13)18-16-10-5-6-11(20)12(21)7-10/h1-7,20-21H. The third kappa shape index (κ3) is 3.21. The lowest BCUT2D eigenvalue weighted by atomic mass is 10.2. The fraction of sp³-hybridized carbons (Fsp3) is 0. The molecule has 8 heteroatoms. The minimum atomic E-state index is -0.254. The van der Waals surface area contributed by atoms with Crippen LogP contribution in [0.3, 0.4) is 0 Å². The van der Waals surface area contributed by atoms with Crippen molar-refractivity contribution in [2.24, 2.45) is 10.2 Å². The molecule has 0 spiro atoms. The van der Waals surface area contributed by atoms with Gasteiger partial charge in [0, 0.05) is 16.7 Å². The molecule has 0 fully saturated rings. The molecular formula is C14H9ClN4O2S. The normalized spacial score (nSPS) is 11.1. The van der Waals surface area contributed by atoms with E-state index < -0.39 is 0 Å². The molecule has 0 amide bonds. The van der Waals surface area contributed by atoms with Gasteiger partial charge in [0.05, 0.1) is 5.69 Å². The predicted octanol–water partition coefficient (Wildman–Crippen LogP) is 4.69. The summed E-state index contributed by atoms with van der Waals surface area (Å²) in [5, 5.41) is 36.2. The van der Waals surface area contributed by atoms with Gasteiger partial charge in [-0.25, -0.2) is 0 Å². The van der Waals surface area contributed by atoms with Crippen molar-refractivity contribution in [2.75, 3.05) is 0 Å². The summed E-state index contributed by atoms with van der Waals surface area (Å²) >= 11 is 7.12. The molecule has 0 aliphatic heterocycles. The SMILES string of the molecule is Oc1ccc(N=Nc2nnc(-c3ccc(Cl)cc3)s2)cc1O. The van der Waals surface area contributed by atoms with E-state index in [1.807, 2.05) is 12.1 Å². The molecule has 0 saturated heterocycles. The molecule has 0 aliphatic rings. The van der Waals surface area contributed by atoms with E-state index in [4.69, 9.17) is 11.6 Å². The third-order valence-electron chi connectivity index (χ3n) is 2.72. The molecular weight excluding hydrogens is 324 g/mol. The summed E-state index contributed by atoms with van der Waals surface area (Å²) in [4.78, 5) is 0. The number of nitrogens with zero attached hydrogens (tertiary/aromatic N) is 4. The van der Waals surface area contributed by atoms with Crippen LogP contribution in [-0.4, -0.2) is 20.4 Å². The van der Waals surface area contributed by atoms with Crippen molar-refractivity contribution < 1.29 is 10.2 Å². The minimum absolute atomic E-state index is 0.208. The highest BCUT2D eigenvalue weighted by Crippen LogP contribution is 2.32. The van der Waals surface area contributed by atoms with Gasteiger partial charge in [0.1, 0.15) is 5.01 Å². The molecule has 3 rings (SSSR count). The first kappa shape index (κ1) is 14.4. The lowest BCUT2D eigenvalue weighted by Gasteiger charge is -1.96. The minimum Gasteiger partial charge on any atom is -0.504 e. The van der Waals surface area contributed by atoms with Crippen LogP contribution in [0.1, 0.15) is 0 Å². The first-order valence-corrected chi connectivity index (χ1v) is 7.34. The fourth-order valence-electron chi connectivity index (χ4n) is 1.64. The van der Waals surface area contributed by atoms with Gasteiger partial charge in [-0.1, -0.05) is 35.1 Å². The molecule has 22 heavy (non-hydrogen) atoms. The molecule has 110 valence electrons. The van der Waals surface area contributed by atoms with Gasteiger partial charge >= 0.3 is 0 Å². The first-order chi connectivity index (χ1) is 10.6. The van der Waals surface area contributed by atoms with Gasteiger partial charge in [0.2, 0.25) is 0 Å². The number of hydrogen-bond acceptors (Lipinski definition) is 7. The number of phenols is 2. The molecule has 0 atom stereocenters. The van der Waals surface area contributed by atoms with Crippen molar-refractivity contribution in [1.82, 2.24) is 10.2 Å². The monoisotopic (exact) mass is 332 g/mol. The smallest absolute Gasteiger partial charge is 0.252 e. The number of rotatable bonds is 3. The second kappa shape index (κ2) is 6.08. The number of phenolic OH excluding ortho intramolecular Hbond substituents is 2. The van der Waals surface area contributed by atoms with E-state index in [-0.39, 0.29) is 11.5 Å². The van der Waals surface area contributed by atoms with Gasteiger partial charge in [0.15, 0.2) is 11.5 Å². The molecule has 0 saturated carbocycles. The molecule has 0 aliphatic carbocycles. The Kier molecular flexibility index (Phi) is 3.99. The van der Waals surface area contributed by atoms with Gasteiger partial charge in [-0.3, -0.25) is 0 Å². The van der Waals surface area contributed by atoms with E-state index in [0.29, 0.717) is 20.8 Å². The summed E-state index contributed by atoms with van der Waals surface area (Å²) in [5.41, 5.74) is 1.30. The van der Waals surface area contributed by atoms with Crippen LogP contribution in [-0.2, 0) is 0 Å². The number of aromatic nitrogens is 2. The Bertz CT molecular complexity index is 833. The van der Waals surface area contributed by atoms with E-state index in [0.717, 1.165) is 5.56 Å². The van der Waals surface area contributed by atoms with Crippen LogP contribution < -0.4 is 0 Å². The number of benzene rings is 2. The Hall–Kier alpha value is -2.51. The highest BCUT2D eigenvalue weighted by atomic mass is 35.5. The van der Waals surface area contributed by atoms with E-state index in [1.165, 1.54) is 29.5 Å². The number of aromatic hydroxyl groups is 2. The maximum absolute atomic E-state index is 9.38. The molecule has 2 N–H and O–H groups in total. The maximum atomic E-state index is 9.38. The van der Waals surface area contributed by atoms with Crippen LogP contribution in [0.4, 0.5) is 10.8 Å². The van der Waals surface area contributed by atoms with E-state index in [2.05, 4.69) is 20.4 Å². The molecule has 3 aromatic rings. The lowest BCUT2D eigenvalue weighted by molar-refractivity contribution is 0.404. The summed E-state index contributed by atoms with van der Waals surface area (Å²) in [5.74, 6) is -0.463. The molecule has 6 nitrogen and oxygen atoms in total. The quantitative estimate of drug-likeness (QED) is 0.538. The summed E-state index contributed by atoms with van der Waals surface area (Å²) in [7, 11) is 0. The molecule has 1 heterocycles. The highest BCUT2D eigenvalue weighted by Gasteiger charge is 2.06. The maximum Gasteiger partial charge on any atom is 0.252 e. The van der Waals surface area contributed by atoms with E-state index in [9.17, 15) is 10.2 Å². The molecule has 1 aromatic heterocycles. The van der Waals surface area contributed by atoms with Crippen LogP contribution in [0.25, 0.3) is 10.6 Å². The number of azo groups is 1.